The van der Waals surface area contributed by atoms with Crippen LogP contribution < -0.4 is 10.6 Å². The topological polar surface area (TPSA) is 82.5 Å². The molecule has 1 atom stereocenters. The van der Waals surface area contributed by atoms with Crippen LogP contribution in [0.15, 0.2) is 12.4 Å². The molecular formula is C15H26N6O2. The van der Waals surface area contributed by atoms with Crippen LogP contribution in [0.4, 0.5) is 0 Å². The number of hydrogen-bond donors (Lipinski definition) is 2. The molecule has 1 aromatic rings. The zero-order valence-corrected chi connectivity index (χ0v) is 14.1. The van der Waals surface area contributed by atoms with E-state index < -0.39 is 0 Å². The van der Waals surface area contributed by atoms with Gasteiger partial charge in [-0.3, -0.25) is 19.2 Å². The molecule has 8 heteroatoms. The minimum absolute atomic E-state index is 0.0377. The molecule has 8 nitrogen and oxygen atoms in total. The number of carbonyl (C=O) groups is 2. The highest BCUT2D eigenvalue weighted by Crippen LogP contribution is 2.16. The van der Waals surface area contributed by atoms with Gasteiger partial charge in [0.05, 0.1) is 12.7 Å². The minimum atomic E-state index is -0.376. The Kier molecular flexibility index (Phi) is 6.12. The Morgan fingerprint density at radius 2 is 2.00 bits per heavy atom. The number of aryl methyl sites for hydroxylation is 1. The van der Waals surface area contributed by atoms with E-state index in [1.807, 2.05) is 25.1 Å². The van der Waals surface area contributed by atoms with Gasteiger partial charge in [0.25, 0.3) is 0 Å². The molecule has 0 radical (unpaired) electrons. The summed E-state index contributed by atoms with van der Waals surface area (Å²) in [5.74, 6) is 0.0916. The summed E-state index contributed by atoms with van der Waals surface area (Å²) in [5, 5.41) is 9.99. The van der Waals surface area contributed by atoms with Crippen LogP contribution in [-0.4, -0.2) is 77.7 Å². The number of rotatable bonds is 6. The van der Waals surface area contributed by atoms with Crippen molar-refractivity contribution >= 4 is 11.8 Å². The second kappa shape index (κ2) is 8.07. The molecule has 0 saturated carbocycles. The van der Waals surface area contributed by atoms with Gasteiger partial charge in [0.15, 0.2) is 0 Å². The Balaban J connectivity index is 1.88. The fraction of sp³-hybridized carbons (Fsp3) is 0.667. The summed E-state index contributed by atoms with van der Waals surface area (Å²) in [7, 11) is 3.61. The monoisotopic (exact) mass is 322 g/mol. The average Bonchev–Trinajstić information content (AvgIpc) is 2.95. The van der Waals surface area contributed by atoms with Gasteiger partial charge in [0.1, 0.15) is 6.04 Å². The van der Waals surface area contributed by atoms with Crippen molar-refractivity contribution in [3.05, 3.63) is 18.0 Å². The maximum absolute atomic E-state index is 12.7. The smallest absolute Gasteiger partial charge is 0.244 e. The Labute approximate surface area is 136 Å². The van der Waals surface area contributed by atoms with Crippen LogP contribution >= 0.6 is 0 Å². The first-order valence-corrected chi connectivity index (χ1v) is 7.98. The molecule has 1 unspecified atom stereocenters. The molecule has 1 fully saturated rings. The molecule has 0 spiro atoms. The van der Waals surface area contributed by atoms with Crippen molar-refractivity contribution in [2.24, 2.45) is 7.05 Å². The van der Waals surface area contributed by atoms with E-state index >= 15 is 0 Å². The van der Waals surface area contributed by atoms with E-state index in [-0.39, 0.29) is 17.9 Å². The zero-order valence-electron chi connectivity index (χ0n) is 14.1. The predicted octanol–water partition coefficient (Wildman–Crippen LogP) is -1.04. The van der Waals surface area contributed by atoms with E-state index in [4.69, 9.17) is 0 Å². The minimum Gasteiger partial charge on any atom is -0.355 e. The van der Waals surface area contributed by atoms with Crippen LogP contribution in [0.25, 0.3) is 0 Å². The lowest BCUT2D eigenvalue weighted by molar-refractivity contribution is -0.135. The number of aromatic nitrogens is 2. The summed E-state index contributed by atoms with van der Waals surface area (Å²) >= 11 is 0. The average molecular weight is 322 g/mol. The largest absolute Gasteiger partial charge is 0.355 e. The summed E-state index contributed by atoms with van der Waals surface area (Å²) < 4.78 is 1.69. The van der Waals surface area contributed by atoms with Crippen LogP contribution in [-0.2, 0) is 16.6 Å². The molecule has 1 saturated heterocycles. The number of nitrogens with one attached hydrogen (secondary N) is 2. The molecule has 128 valence electrons. The van der Waals surface area contributed by atoms with Crippen LogP contribution in [0.2, 0.25) is 0 Å². The quantitative estimate of drug-likeness (QED) is 0.699. The van der Waals surface area contributed by atoms with Crippen LogP contribution in [0.1, 0.15) is 18.5 Å². The highest BCUT2D eigenvalue weighted by Gasteiger charge is 2.28. The van der Waals surface area contributed by atoms with Crippen molar-refractivity contribution in [1.29, 1.82) is 0 Å². The van der Waals surface area contributed by atoms with Crippen molar-refractivity contribution in [2.75, 3.05) is 46.3 Å². The normalized spacial score (nSPS) is 17.1. The molecule has 1 aliphatic heterocycles. The van der Waals surface area contributed by atoms with E-state index in [2.05, 4.69) is 20.6 Å². The number of likely N-dealkylation sites (N-methyl/N-ethyl adjacent to an activating group) is 2. The Hall–Kier alpha value is -1.93. The summed E-state index contributed by atoms with van der Waals surface area (Å²) in [4.78, 5) is 28.2. The molecule has 1 aliphatic rings. The van der Waals surface area contributed by atoms with Crippen LogP contribution in [0.3, 0.4) is 0 Å². The third-order valence-corrected chi connectivity index (χ3v) is 4.02. The van der Waals surface area contributed by atoms with E-state index in [9.17, 15) is 9.59 Å². The number of carbonyl (C=O) groups excluding carboxylic acids is 2. The number of nitrogens with zero attached hydrogens (tertiary/aromatic N) is 4. The van der Waals surface area contributed by atoms with Crippen LogP contribution in [0.5, 0.6) is 0 Å². The fourth-order valence-electron chi connectivity index (χ4n) is 2.79. The molecule has 0 bridgehead atoms. The van der Waals surface area contributed by atoms with Gasteiger partial charge in [-0.1, -0.05) is 0 Å². The van der Waals surface area contributed by atoms with Crippen molar-refractivity contribution in [1.82, 2.24) is 30.2 Å². The molecule has 1 aromatic heterocycles. The molecule has 2 heterocycles. The number of hydrogen-bond acceptors (Lipinski definition) is 5. The summed E-state index contributed by atoms with van der Waals surface area (Å²) in [5.41, 5.74) is 0.866. The van der Waals surface area contributed by atoms with Gasteiger partial charge in [-0.05, 0) is 14.0 Å². The summed E-state index contributed by atoms with van der Waals surface area (Å²) in [6, 6.07) is -0.376. The Morgan fingerprint density at radius 1 is 1.30 bits per heavy atom. The standard InChI is InChI=1S/C15H26N6O2/c1-4-17-13(22)11-20-5-7-21(8-6-20)15(23)14(16-2)12-9-18-19(3)10-12/h9-10,14,16H,4-8,11H2,1-3H3,(H,17,22). The summed E-state index contributed by atoms with van der Waals surface area (Å²) in [6.07, 6.45) is 3.56. The van der Waals surface area contributed by atoms with E-state index in [0.717, 1.165) is 5.56 Å². The SMILES string of the molecule is CCNC(=O)CN1CCN(C(=O)C(NC)c2cnn(C)c2)CC1. The van der Waals surface area contributed by atoms with Gasteiger partial charge in [-0.15, -0.1) is 0 Å². The van der Waals surface area contributed by atoms with E-state index in [1.54, 1.807) is 17.9 Å². The van der Waals surface area contributed by atoms with E-state index in [0.29, 0.717) is 39.3 Å². The molecule has 23 heavy (non-hydrogen) atoms. The first kappa shape index (κ1) is 17.4. The van der Waals surface area contributed by atoms with Gasteiger partial charge in [0.2, 0.25) is 11.8 Å². The van der Waals surface area contributed by atoms with Crippen molar-refractivity contribution in [3.8, 4) is 0 Å². The Morgan fingerprint density at radius 3 is 2.52 bits per heavy atom. The predicted molar refractivity (Wildman–Crippen MR) is 86.7 cm³/mol. The first-order valence-electron chi connectivity index (χ1n) is 7.98. The van der Waals surface area contributed by atoms with Gasteiger partial charge in [0, 0.05) is 51.5 Å². The number of piperazine rings is 1. The van der Waals surface area contributed by atoms with E-state index in [1.165, 1.54) is 0 Å². The fourth-order valence-corrected chi connectivity index (χ4v) is 2.79. The van der Waals surface area contributed by atoms with Crippen LogP contribution in [0, 0.1) is 0 Å². The highest BCUT2D eigenvalue weighted by atomic mass is 16.2. The zero-order chi connectivity index (χ0) is 16.8. The third-order valence-electron chi connectivity index (χ3n) is 4.02. The number of amides is 2. The van der Waals surface area contributed by atoms with Gasteiger partial charge in [-0.2, -0.15) is 5.10 Å². The van der Waals surface area contributed by atoms with Gasteiger partial charge >= 0.3 is 0 Å². The molecule has 0 aromatic carbocycles. The molecule has 0 aliphatic carbocycles. The summed E-state index contributed by atoms with van der Waals surface area (Å²) in [6.45, 7) is 5.65. The highest BCUT2D eigenvalue weighted by molar-refractivity contribution is 5.83. The maximum Gasteiger partial charge on any atom is 0.244 e. The molecular weight excluding hydrogens is 296 g/mol. The van der Waals surface area contributed by atoms with Crippen molar-refractivity contribution in [3.63, 3.8) is 0 Å². The van der Waals surface area contributed by atoms with Gasteiger partial charge in [-0.25, -0.2) is 0 Å². The molecule has 2 rings (SSSR count). The third kappa shape index (κ3) is 4.52. The second-order valence-corrected chi connectivity index (χ2v) is 5.72. The lowest BCUT2D eigenvalue weighted by Gasteiger charge is -2.35. The maximum atomic E-state index is 12.7. The molecule has 2 N–H and O–H groups in total. The van der Waals surface area contributed by atoms with Crippen molar-refractivity contribution < 1.29 is 9.59 Å². The van der Waals surface area contributed by atoms with Gasteiger partial charge < -0.3 is 15.5 Å². The Bertz CT molecular complexity index is 536. The van der Waals surface area contributed by atoms with Crippen molar-refractivity contribution in [2.45, 2.75) is 13.0 Å². The second-order valence-electron chi connectivity index (χ2n) is 5.72. The first-order chi connectivity index (χ1) is 11.0. The lowest BCUT2D eigenvalue weighted by atomic mass is 10.1. The lowest BCUT2D eigenvalue weighted by Crippen LogP contribution is -2.53. The molecule has 2 amide bonds.